The largest absolute Gasteiger partial charge is 0.469 e. The molecule has 42 heavy (non-hydrogen) atoms. The first-order chi connectivity index (χ1) is 19.7. The summed E-state index contributed by atoms with van der Waals surface area (Å²) in [5.41, 5.74) is 4.95. The molecule has 6 rings (SSSR count). The van der Waals surface area contributed by atoms with Crippen molar-refractivity contribution in [3.05, 3.63) is 81.9 Å². The van der Waals surface area contributed by atoms with Gasteiger partial charge < -0.3 is 4.74 Å². The van der Waals surface area contributed by atoms with Crippen molar-refractivity contribution in [2.45, 2.75) is 83.8 Å². The zero-order chi connectivity index (χ0) is 30.2. The third kappa shape index (κ3) is 4.86. The molecule has 0 saturated heterocycles. The normalized spacial score (nSPS) is 18.6. The van der Waals surface area contributed by atoms with Crippen LogP contribution in [0.4, 0.5) is 8.78 Å². The number of benzene rings is 1. The van der Waals surface area contributed by atoms with Gasteiger partial charge >= 0.3 is 0 Å². The first-order valence-corrected chi connectivity index (χ1v) is 15.5. The molecule has 1 aliphatic carbocycles. The van der Waals surface area contributed by atoms with Gasteiger partial charge in [0.05, 0.1) is 6.54 Å². The summed E-state index contributed by atoms with van der Waals surface area (Å²) in [7, 11) is -3.87. The van der Waals surface area contributed by atoms with Crippen LogP contribution in [0, 0.1) is 26.2 Å². The quantitative estimate of drug-likeness (QED) is 0.270. The third-order valence-electron chi connectivity index (χ3n) is 8.48. The fraction of sp³-hybridized carbons (Fsp3) is 0.452. The van der Waals surface area contributed by atoms with Gasteiger partial charge in [-0.1, -0.05) is 39.0 Å². The number of halogens is 2. The van der Waals surface area contributed by atoms with E-state index >= 15 is 0 Å². The number of aryl methyl sites for hydroxylation is 3. The van der Waals surface area contributed by atoms with Crippen LogP contribution in [0.2, 0.25) is 0 Å². The van der Waals surface area contributed by atoms with Gasteiger partial charge in [-0.25, -0.2) is 22.2 Å². The van der Waals surface area contributed by atoms with Crippen molar-refractivity contribution < 1.29 is 21.9 Å². The molecule has 0 bridgehead atoms. The van der Waals surface area contributed by atoms with Gasteiger partial charge in [0.1, 0.15) is 10.5 Å². The minimum absolute atomic E-state index is 0.105. The van der Waals surface area contributed by atoms with Crippen LogP contribution in [0.25, 0.3) is 5.65 Å². The molecule has 1 aliphatic heterocycles. The van der Waals surface area contributed by atoms with Crippen LogP contribution in [0.5, 0.6) is 5.88 Å². The first kappa shape index (κ1) is 28.7. The fourth-order valence-electron chi connectivity index (χ4n) is 6.07. The van der Waals surface area contributed by atoms with Crippen molar-refractivity contribution >= 4 is 15.7 Å². The molecule has 8 nitrogen and oxygen atoms in total. The van der Waals surface area contributed by atoms with E-state index in [0.29, 0.717) is 5.65 Å². The Balaban J connectivity index is 1.42. The Labute approximate surface area is 244 Å². The van der Waals surface area contributed by atoms with Gasteiger partial charge in [-0.15, -0.1) is 10.2 Å². The molecule has 1 aromatic carbocycles. The summed E-state index contributed by atoms with van der Waals surface area (Å²) in [4.78, 5) is 4.43. The Hall–Kier alpha value is -3.44. The minimum Gasteiger partial charge on any atom is -0.469 e. The van der Waals surface area contributed by atoms with Crippen LogP contribution in [-0.4, -0.2) is 44.5 Å². The van der Waals surface area contributed by atoms with Crippen molar-refractivity contribution in [3.8, 4) is 5.88 Å². The Morgan fingerprint density at radius 2 is 1.81 bits per heavy atom. The maximum atomic E-state index is 14.0. The number of ether oxygens (including phenoxy) is 1. The lowest BCUT2D eigenvalue weighted by Gasteiger charge is -2.33. The highest BCUT2D eigenvalue weighted by atomic mass is 32.2. The van der Waals surface area contributed by atoms with E-state index in [1.807, 2.05) is 32.9 Å². The van der Waals surface area contributed by atoms with Gasteiger partial charge in [-0.3, -0.25) is 4.40 Å². The fourth-order valence-corrected chi connectivity index (χ4v) is 7.71. The second-order valence-electron chi connectivity index (χ2n) is 12.8. The second kappa shape index (κ2) is 9.80. The number of fused-ring (bicyclic) bond motifs is 2. The summed E-state index contributed by atoms with van der Waals surface area (Å²) < 4.78 is 64.0. The predicted octanol–water partition coefficient (Wildman–Crippen LogP) is 6.28. The van der Waals surface area contributed by atoms with Crippen molar-refractivity contribution in [2.75, 3.05) is 6.54 Å². The van der Waals surface area contributed by atoms with Gasteiger partial charge in [-0.2, -0.15) is 4.31 Å². The van der Waals surface area contributed by atoms with Crippen LogP contribution in [0.1, 0.15) is 85.2 Å². The second-order valence-corrected chi connectivity index (χ2v) is 14.7. The third-order valence-corrected chi connectivity index (χ3v) is 10.3. The lowest BCUT2D eigenvalue weighted by atomic mass is 9.71. The summed E-state index contributed by atoms with van der Waals surface area (Å²) in [6.45, 7) is 12.5. The molecule has 4 heterocycles. The Bertz CT molecular complexity index is 1810. The molecule has 0 radical (unpaired) electrons. The van der Waals surface area contributed by atoms with Gasteiger partial charge in [-0.05, 0) is 84.5 Å². The summed E-state index contributed by atoms with van der Waals surface area (Å²) in [5.74, 6) is -0.333. The summed E-state index contributed by atoms with van der Waals surface area (Å²) in [5, 5.41) is 7.81. The average Bonchev–Trinajstić information content (AvgIpc) is 3.53. The highest BCUT2D eigenvalue weighted by Gasteiger charge is 2.52. The smallest absolute Gasteiger partial charge is 0.297 e. The van der Waals surface area contributed by atoms with Crippen LogP contribution < -0.4 is 4.74 Å². The summed E-state index contributed by atoms with van der Waals surface area (Å²) >= 11 is 0. The average molecular weight is 596 g/mol. The van der Waals surface area contributed by atoms with Gasteiger partial charge in [0, 0.05) is 24.9 Å². The minimum atomic E-state index is -3.87. The zero-order valence-electron chi connectivity index (χ0n) is 24.6. The number of pyridine rings is 2. The van der Waals surface area contributed by atoms with Gasteiger partial charge in [0.25, 0.3) is 6.43 Å². The van der Waals surface area contributed by atoms with Crippen molar-refractivity contribution in [2.24, 2.45) is 5.41 Å². The topological polar surface area (TPSA) is 89.7 Å². The van der Waals surface area contributed by atoms with Crippen molar-refractivity contribution in [3.63, 3.8) is 0 Å². The maximum absolute atomic E-state index is 14.0. The molecular weight excluding hydrogens is 560 g/mol. The number of sulfonamides is 1. The van der Waals surface area contributed by atoms with Crippen molar-refractivity contribution in [1.82, 2.24) is 23.9 Å². The number of aromatic nitrogens is 4. The Morgan fingerprint density at radius 3 is 2.48 bits per heavy atom. The van der Waals surface area contributed by atoms with Gasteiger partial charge in [0.15, 0.2) is 5.65 Å². The Morgan fingerprint density at radius 1 is 1.07 bits per heavy atom. The Kier molecular flexibility index (Phi) is 6.69. The van der Waals surface area contributed by atoms with Gasteiger partial charge in [0.2, 0.25) is 21.7 Å². The van der Waals surface area contributed by atoms with Crippen molar-refractivity contribution in [1.29, 1.82) is 0 Å². The van der Waals surface area contributed by atoms with E-state index in [9.17, 15) is 17.2 Å². The number of rotatable bonds is 5. The number of alkyl halides is 2. The number of nitrogens with zero attached hydrogens (tertiary/aromatic N) is 5. The highest BCUT2D eigenvalue weighted by molar-refractivity contribution is 7.89. The molecule has 1 fully saturated rings. The van der Waals surface area contributed by atoms with E-state index in [1.165, 1.54) is 8.71 Å². The zero-order valence-corrected chi connectivity index (χ0v) is 25.5. The molecule has 0 amide bonds. The molecule has 0 N–H and O–H groups in total. The molecule has 1 spiro atoms. The van der Waals surface area contributed by atoms with Crippen LogP contribution in [0.15, 0.2) is 47.6 Å². The van der Waals surface area contributed by atoms with Crippen LogP contribution in [-0.2, 0) is 16.6 Å². The van der Waals surface area contributed by atoms with E-state index < -0.39 is 22.0 Å². The standard InChI is InChI=1S/C31H35F2N5O3S/c1-18-13-24-29(34-15-18)41-31(10-11-31)17-37(42(24,39)40)16-22-14-21(8-7-19(22)2)25(30(4,5)6)23-9-12-38-27(20(23)3)35-36-28(38)26(32)33/h7-9,12-15,25-26H,10-11,16-17H2,1-6H3/t25-/m0/s1. The molecule has 1 atom stereocenters. The molecule has 0 unspecified atom stereocenters. The molecular formula is C31H35F2N5O3S. The molecule has 11 heteroatoms. The van der Waals surface area contributed by atoms with E-state index in [4.69, 9.17) is 4.74 Å². The predicted molar refractivity (Wildman–Crippen MR) is 154 cm³/mol. The van der Waals surface area contributed by atoms with E-state index in [0.717, 1.165) is 46.2 Å². The summed E-state index contributed by atoms with van der Waals surface area (Å²) in [6.07, 6.45) is 2.06. The molecule has 2 aliphatic rings. The number of hydrogen-bond acceptors (Lipinski definition) is 6. The van der Waals surface area contributed by atoms with E-state index in [2.05, 4.69) is 48.1 Å². The number of hydrogen-bond donors (Lipinski definition) is 0. The lowest BCUT2D eigenvalue weighted by molar-refractivity contribution is 0.139. The SMILES string of the molecule is Cc1cnc2c(c1)S(=O)(=O)N(Cc1cc([C@@H](c3ccn4c(C(F)F)nnc4c3C)C(C)(C)C)ccc1C)CC1(CC1)O2. The maximum Gasteiger partial charge on any atom is 0.297 e. The lowest BCUT2D eigenvalue weighted by Crippen LogP contribution is -2.38. The van der Waals surface area contributed by atoms with E-state index in [-0.39, 0.29) is 41.0 Å². The van der Waals surface area contributed by atoms with Crippen LogP contribution >= 0.6 is 0 Å². The highest BCUT2D eigenvalue weighted by Crippen LogP contribution is 2.47. The molecule has 4 aromatic rings. The molecule has 1 saturated carbocycles. The molecule has 222 valence electrons. The van der Waals surface area contributed by atoms with Crippen LogP contribution in [0.3, 0.4) is 0 Å². The molecule has 3 aromatic heterocycles. The van der Waals surface area contributed by atoms with E-state index in [1.54, 1.807) is 18.5 Å². The first-order valence-electron chi connectivity index (χ1n) is 14.1. The monoisotopic (exact) mass is 595 g/mol. The summed E-state index contributed by atoms with van der Waals surface area (Å²) in [6, 6.07) is 9.68.